The van der Waals surface area contributed by atoms with Gasteiger partial charge in [0.15, 0.2) is 0 Å². The number of halogens is 1. The van der Waals surface area contributed by atoms with Gasteiger partial charge in [0.2, 0.25) is 5.91 Å². The van der Waals surface area contributed by atoms with Crippen LogP contribution in [0.4, 0.5) is 4.39 Å². The molecule has 0 radical (unpaired) electrons. The molecule has 1 unspecified atom stereocenters. The Balaban J connectivity index is 1.20. The summed E-state index contributed by atoms with van der Waals surface area (Å²) < 4.78 is 20.0. The van der Waals surface area contributed by atoms with Crippen LogP contribution in [-0.4, -0.2) is 54.8 Å². The molecule has 1 amide bonds. The van der Waals surface area contributed by atoms with Crippen LogP contribution in [0.15, 0.2) is 18.2 Å². The van der Waals surface area contributed by atoms with Crippen LogP contribution < -0.4 is 10.1 Å². The Bertz CT molecular complexity index is 671. The largest absolute Gasteiger partial charge is 0.493 e. The molecule has 148 valence electrons. The fourth-order valence-corrected chi connectivity index (χ4v) is 4.48. The van der Waals surface area contributed by atoms with Crippen LogP contribution in [0.5, 0.6) is 5.75 Å². The van der Waals surface area contributed by atoms with Gasteiger partial charge in [-0.05, 0) is 68.2 Å². The number of amides is 1. The molecule has 1 aliphatic carbocycles. The molecule has 2 aliphatic heterocycles. The average Bonchev–Trinajstić information content (AvgIpc) is 3.41. The smallest absolute Gasteiger partial charge is 0.227 e. The van der Waals surface area contributed by atoms with E-state index in [0.29, 0.717) is 31.0 Å². The zero-order valence-corrected chi connectivity index (χ0v) is 15.7. The van der Waals surface area contributed by atoms with Crippen molar-refractivity contribution in [2.75, 3.05) is 32.8 Å². The number of carbonyl (C=O) groups excluding carboxylic acids is 1. The van der Waals surface area contributed by atoms with E-state index in [1.807, 2.05) is 0 Å². The van der Waals surface area contributed by atoms with E-state index in [1.165, 1.54) is 25.3 Å². The minimum atomic E-state index is -0.435. The van der Waals surface area contributed by atoms with Crippen LogP contribution in [0, 0.1) is 23.6 Å². The number of aliphatic hydroxyl groups excluding tert-OH is 1. The maximum atomic E-state index is 14.3. The number of nitrogens with zero attached hydrogens (tertiary/aromatic N) is 1. The number of benzene rings is 1. The van der Waals surface area contributed by atoms with Crippen molar-refractivity contribution in [1.82, 2.24) is 10.2 Å². The third kappa shape index (κ3) is 4.61. The fraction of sp³-hybridized carbons (Fsp3) is 0.667. The standard InChI is InChI=1S/C21H29FN2O3/c22-20-11-18(2-1-16(20)10-21(26)24-12-17(25)13-24)27-8-5-15-9-19(15)14-3-6-23-7-4-14/h1-2,11,14-15,17,19,23,25H,3-10,12-13H2/t15?,19-/m1/s1. The first-order valence-corrected chi connectivity index (χ1v) is 10.2. The highest BCUT2D eigenvalue weighted by atomic mass is 19.1. The Morgan fingerprint density at radius 2 is 2.07 bits per heavy atom. The molecule has 4 rings (SSSR count). The van der Waals surface area contributed by atoms with Gasteiger partial charge in [0.05, 0.1) is 19.1 Å². The molecule has 2 atom stereocenters. The summed E-state index contributed by atoms with van der Waals surface area (Å²) in [4.78, 5) is 13.6. The summed E-state index contributed by atoms with van der Waals surface area (Å²) in [6, 6.07) is 4.76. The Labute approximate surface area is 159 Å². The van der Waals surface area contributed by atoms with Gasteiger partial charge in [0.25, 0.3) is 0 Å². The monoisotopic (exact) mass is 376 g/mol. The van der Waals surface area contributed by atoms with Gasteiger partial charge < -0.3 is 20.1 Å². The second kappa shape index (κ2) is 8.15. The quantitative estimate of drug-likeness (QED) is 0.764. The Hall–Kier alpha value is -1.66. The fourth-order valence-electron chi connectivity index (χ4n) is 4.48. The van der Waals surface area contributed by atoms with Crippen molar-refractivity contribution in [3.05, 3.63) is 29.6 Å². The van der Waals surface area contributed by atoms with Gasteiger partial charge in [0, 0.05) is 19.2 Å². The number of β-amino-alcohol motifs (C(OH)–C–C–N with tert-alkyl or cyclic N) is 1. The maximum Gasteiger partial charge on any atom is 0.227 e. The predicted molar refractivity (Wildman–Crippen MR) is 100.0 cm³/mol. The third-order valence-electron chi connectivity index (χ3n) is 6.31. The van der Waals surface area contributed by atoms with Crippen LogP contribution in [0.3, 0.4) is 0 Å². The summed E-state index contributed by atoms with van der Waals surface area (Å²) in [6.07, 6.45) is 4.53. The van der Waals surface area contributed by atoms with E-state index in [1.54, 1.807) is 17.0 Å². The summed E-state index contributed by atoms with van der Waals surface area (Å²) >= 11 is 0. The minimum Gasteiger partial charge on any atom is -0.493 e. The van der Waals surface area contributed by atoms with E-state index in [-0.39, 0.29) is 12.3 Å². The zero-order chi connectivity index (χ0) is 18.8. The van der Waals surface area contributed by atoms with Crippen LogP contribution in [-0.2, 0) is 11.2 Å². The molecule has 2 N–H and O–H groups in total. The summed E-state index contributed by atoms with van der Waals surface area (Å²) in [5.74, 6) is 2.48. The van der Waals surface area contributed by atoms with E-state index in [0.717, 1.165) is 37.3 Å². The minimum absolute atomic E-state index is 0.0266. The molecule has 2 saturated heterocycles. The first kappa shape index (κ1) is 18.7. The van der Waals surface area contributed by atoms with E-state index >= 15 is 0 Å². The number of likely N-dealkylation sites (tertiary alicyclic amines) is 1. The van der Waals surface area contributed by atoms with Crippen molar-refractivity contribution < 1.29 is 19.0 Å². The molecule has 3 fully saturated rings. The number of piperidine rings is 1. The lowest BCUT2D eigenvalue weighted by Crippen LogP contribution is -2.54. The summed E-state index contributed by atoms with van der Waals surface area (Å²) in [5, 5.41) is 12.7. The van der Waals surface area contributed by atoms with Gasteiger partial charge in [-0.25, -0.2) is 4.39 Å². The molecule has 0 spiro atoms. The lowest BCUT2D eigenvalue weighted by atomic mass is 9.91. The van der Waals surface area contributed by atoms with Crippen molar-refractivity contribution in [2.45, 2.75) is 38.2 Å². The van der Waals surface area contributed by atoms with Crippen LogP contribution in [0.1, 0.15) is 31.2 Å². The maximum absolute atomic E-state index is 14.3. The Kier molecular flexibility index (Phi) is 5.64. The lowest BCUT2D eigenvalue weighted by Gasteiger charge is -2.35. The van der Waals surface area contributed by atoms with Crippen molar-refractivity contribution in [2.24, 2.45) is 17.8 Å². The molecule has 1 aromatic rings. The summed E-state index contributed by atoms with van der Waals surface area (Å²) in [6.45, 7) is 3.62. The van der Waals surface area contributed by atoms with E-state index in [2.05, 4.69) is 5.32 Å². The van der Waals surface area contributed by atoms with E-state index < -0.39 is 11.9 Å². The summed E-state index contributed by atoms with van der Waals surface area (Å²) in [7, 11) is 0. The molecule has 0 aromatic heterocycles. The van der Waals surface area contributed by atoms with Crippen molar-refractivity contribution >= 4 is 5.91 Å². The number of ether oxygens (including phenoxy) is 1. The molecule has 2 heterocycles. The second-order valence-electron chi connectivity index (χ2n) is 8.27. The zero-order valence-electron chi connectivity index (χ0n) is 15.7. The van der Waals surface area contributed by atoms with Gasteiger partial charge in [0.1, 0.15) is 11.6 Å². The normalized spacial score (nSPS) is 25.9. The Morgan fingerprint density at radius 1 is 1.30 bits per heavy atom. The van der Waals surface area contributed by atoms with Gasteiger partial charge >= 0.3 is 0 Å². The molecule has 1 aromatic carbocycles. The van der Waals surface area contributed by atoms with Gasteiger partial charge in [-0.15, -0.1) is 0 Å². The van der Waals surface area contributed by atoms with E-state index in [4.69, 9.17) is 4.74 Å². The molecule has 5 nitrogen and oxygen atoms in total. The topological polar surface area (TPSA) is 61.8 Å². The predicted octanol–water partition coefficient (Wildman–Crippen LogP) is 1.98. The van der Waals surface area contributed by atoms with Crippen LogP contribution in [0.25, 0.3) is 0 Å². The molecule has 3 aliphatic rings. The number of hydrogen-bond donors (Lipinski definition) is 2. The number of nitrogens with one attached hydrogen (secondary N) is 1. The van der Waals surface area contributed by atoms with Crippen molar-refractivity contribution in [3.63, 3.8) is 0 Å². The van der Waals surface area contributed by atoms with Crippen LogP contribution in [0.2, 0.25) is 0 Å². The van der Waals surface area contributed by atoms with E-state index in [9.17, 15) is 14.3 Å². The number of rotatable bonds is 7. The van der Waals surface area contributed by atoms with Gasteiger partial charge in [-0.3, -0.25) is 4.79 Å². The second-order valence-corrected chi connectivity index (χ2v) is 8.27. The van der Waals surface area contributed by atoms with Crippen molar-refractivity contribution in [3.8, 4) is 5.75 Å². The van der Waals surface area contributed by atoms with Crippen molar-refractivity contribution in [1.29, 1.82) is 0 Å². The molecular weight excluding hydrogens is 347 g/mol. The number of aliphatic hydroxyl groups is 1. The highest BCUT2D eigenvalue weighted by Gasteiger charge is 2.42. The number of carbonyl (C=O) groups is 1. The number of hydrogen-bond acceptors (Lipinski definition) is 4. The molecule has 6 heteroatoms. The Morgan fingerprint density at radius 3 is 2.78 bits per heavy atom. The molecular formula is C21H29FN2O3. The first-order chi connectivity index (χ1) is 13.1. The lowest BCUT2D eigenvalue weighted by molar-refractivity contribution is -0.140. The molecule has 0 bridgehead atoms. The van der Waals surface area contributed by atoms with Gasteiger partial charge in [-0.2, -0.15) is 0 Å². The SMILES string of the molecule is O=C(Cc1ccc(OCCC2C[C@@H]2C2CCNCC2)cc1F)N1CC(O)C1. The summed E-state index contributed by atoms with van der Waals surface area (Å²) in [5.41, 5.74) is 0.377. The average molecular weight is 376 g/mol. The highest BCUT2D eigenvalue weighted by molar-refractivity contribution is 5.79. The highest BCUT2D eigenvalue weighted by Crippen LogP contribution is 2.49. The molecule has 27 heavy (non-hydrogen) atoms. The van der Waals surface area contributed by atoms with Gasteiger partial charge in [-0.1, -0.05) is 6.07 Å². The first-order valence-electron chi connectivity index (χ1n) is 10.2. The van der Waals surface area contributed by atoms with Crippen LogP contribution >= 0.6 is 0 Å². The molecule has 1 saturated carbocycles. The third-order valence-corrected chi connectivity index (χ3v) is 6.31.